The van der Waals surface area contributed by atoms with Crippen LogP contribution in [0.3, 0.4) is 0 Å². The molecule has 1 saturated heterocycles. The fourth-order valence-corrected chi connectivity index (χ4v) is 3.44. The third kappa shape index (κ3) is 1.86. The van der Waals surface area contributed by atoms with Crippen LogP contribution in [0.25, 0.3) is 0 Å². The van der Waals surface area contributed by atoms with E-state index in [-0.39, 0.29) is 6.04 Å². The van der Waals surface area contributed by atoms with Crippen LogP contribution in [-0.4, -0.2) is 37.2 Å². The van der Waals surface area contributed by atoms with Gasteiger partial charge < -0.3 is 0 Å². The number of hydrogen-bond acceptors (Lipinski definition) is 2. The lowest BCUT2D eigenvalue weighted by Crippen LogP contribution is -2.32. The first-order valence-electron chi connectivity index (χ1n) is 5.31. The second-order valence-electron chi connectivity index (χ2n) is 4.03. The Bertz CT molecular complexity index is 458. The van der Waals surface area contributed by atoms with E-state index in [4.69, 9.17) is 0 Å². The smallest absolute Gasteiger partial charge is 0.195 e. The highest BCUT2D eigenvalue weighted by Crippen LogP contribution is 2.27. The summed E-state index contributed by atoms with van der Waals surface area (Å²) in [6.07, 6.45) is 0. The van der Waals surface area contributed by atoms with E-state index in [0.717, 1.165) is 5.56 Å². The molecular formula is C11H16N2O2S. The molecule has 1 aliphatic heterocycles. The van der Waals surface area contributed by atoms with Crippen molar-refractivity contribution in [3.05, 3.63) is 35.9 Å². The average molecular weight is 240 g/mol. The molecule has 0 bridgehead atoms. The van der Waals surface area contributed by atoms with E-state index < -0.39 is 10.2 Å². The number of likely N-dealkylation sites (N-methyl/N-ethyl adjacent to an activating group) is 1. The molecule has 0 N–H and O–H groups in total. The summed E-state index contributed by atoms with van der Waals surface area (Å²) in [7, 11) is -1.63. The Morgan fingerprint density at radius 3 is 2.31 bits per heavy atom. The van der Waals surface area contributed by atoms with Gasteiger partial charge in [0.25, 0.3) is 10.2 Å². The Morgan fingerprint density at radius 2 is 1.81 bits per heavy atom. The number of benzene rings is 1. The summed E-state index contributed by atoms with van der Waals surface area (Å²) in [5, 5.41) is 0. The zero-order chi connectivity index (χ0) is 11.8. The van der Waals surface area contributed by atoms with Crippen LogP contribution >= 0.6 is 0 Å². The molecule has 0 saturated carbocycles. The quantitative estimate of drug-likeness (QED) is 0.780. The van der Waals surface area contributed by atoms with E-state index >= 15 is 0 Å². The first-order valence-corrected chi connectivity index (χ1v) is 6.71. The van der Waals surface area contributed by atoms with Crippen molar-refractivity contribution in [2.45, 2.75) is 13.0 Å². The highest BCUT2D eigenvalue weighted by molar-refractivity contribution is 7.87. The van der Waals surface area contributed by atoms with Gasteiger partial charge in [0.15, 0.2) is 0 Å². The van der Waals surface area contributed by atoms with Gasteiger partial charge in [0, 0.05) is 26.2 Å². The van der Waals surface area contributed by atoms with E-state index in [1.807, 2.05) is 37.3 Å². The zero-order valence-corrected chi connectivity index (χ0v) is 10.3. The average Bonchev–Trinajstić information content (AvgIpc) is 2.54. The molecule has 88 valence electrons. The molecule has 16 heavy (non-hydrogen) atoms. The highest BCUT2D eigenvalue weighted by atomic mass is 32.2. The second kappa shape index (κ2) is 4.16. The fourth-order valence-electron chi connectivity index (χ4n) is 1.94. The van der Waals surface area contributed by atoms with Crippen molar-refractivity contribution in [3.8, 4) is 0 Å². The Hall–Kier alpha value is -0.910. The molecule has 1 aromatic rings. The van der Waals surface area contributed by atoms with Crippen molar-refractivity contribution in [1.82, 2.24) is 8.61 Å². The minimum absolute atomic E-state index is 0.101. The molecule has 1 fully saturated rings. The van der Waals surface area contributed by atoms with E-state index in [1.165, 1.54) is 4.31 Å². The van der Waals surface area contributed by atoms with Crippen LogP contribution < -0.4 is 0 Å². The Balaban J connectivity index is 2.28. The fraction of sp³-hybridized carbons (Fsp3) is 0.455. The van der Waals surface area contributed by atoms with Crippen LogP contribution in [0.5, 0.6) is 0 Å². The summed E-state index contributed by atoms with van der Waals surface area (Å²) in [5.74, 6) is 0. The minimum atomic E-state index is -3.25. The first kappa shape index (κ1) is 11.6. The molecule has 4 nitrogen and oxygen atoms in total. The van der Waals surface area contributed by atoms with Crippen molar-refractivity contribution in [2.75, 3.05) is 20.1 Å². The van der Waals surface area contributed by atoms with Gasteiger partial charge in [0.05, 0.1) is 0 Å². The van der Waals surface area contributed by atoms with E-state index in [1.54, 1.807) is 11.4 Å². The summed E-state index contributed by atoms with van der Waals surface area (Å²) in [6, 6.07) is 9.60. The van der Waals surface area contributed by atoms with E-state index in [9.17, 15) is 8.42 Å². The van der Waals surface area contributed by atoms with E-state index in [2.05, 4.69) is 0 Å². The van der Waals surface area contributed by atoms with Gasteiger partial charge in [0.2, 0.25) is 0 Å². The molecular weight excluding hydrogens is 224 g/mol. The molecule has 0 aromatic heterocycles. The standard InChI is InChI=1S/C11H16N2O2S/c1-10(11-6-4-3-5-7-11)13-9-8-12(2)16(13,14)15/h3-7,10H,8-9H2,1-2H3. The normalized spacial score (nSPS) is 23.4. The Morgan fingerprint density at radius 1 is 1.19 bits per heavy atom. The molecule has 2 rings (SSSR count). The van der Waals surface area contributed by atoms with Gasteiger partial charge in [-0.05, 0) is 12.5 Å². The minimum Gasteiger partial charge on any atom is -0.195 e. The van der Waals surface area contributed by atoms with Crippen molar-refractivity contribution < 1.29 is 8.42 Å². The number of rotatable bonds is 2. The lowest BCUT2D eigenvalue weighted by Gasteiger charge is -2.23. The lowest BCUT2D eigenvalue weighted by atomic mass is 10.1. The molecule has 0 aliphatic carbocycles. The monoisotopic (exact) mass is 240 g/mol. The van der Waals surface area contributed by atoms with Gasteiger partial charge in [-0.2, -0.15) is 17.0 Å². The molecule has 0 spiro atoms. The van der Waals surface area contributed by atoms with Crippen LogP contribution in [-0.2, 0) is 10.2 Å². The molecule has 1 aliphatic rings. The summed E-state index contributed by atoms with van der Waals surface area (Å²) < 4.78 is 26.9. The maximum atomic E-state index is 12.0. The van der Waals surface area contributed by atoms with Crippen LogP contribution in [0, 0.1) is 0 Å². The van der Waals surface area contributed by atoms with Crippen LogP contribution in [0.1, 0.15) is 18.5 Å². The maximum Gasteiger partial charge on any atom is 0.282 e. The summed E-state index contributed by atoms with van der Waals surface area (Å²) in [4.78, 5) is 0. The van der Waals surface area contributed by atoms with Crippen molar-refractivity contribution in [1.29, 1.82) is 0 Å². The summed E-state index contributed by atoms with van der Waals surface area (Å²) in [5.41, 5.74) is 1.03. The molecule has 1 heterocycles. The first-order chi connectivity index (χ1) is 7.53. The molecule has 1 aromatic carbocycles. The van der Waals surface area contributed by atoms with Gasteiger partial charge in [-0.3, -0.25) is 0 Å². The number of hydrogen-bond donors (Lipinski definition) is 0. The van der Waals surface area contributed by atoms with Gasteiger partial charge in [-0.15, -0.1) is 0 Å². The Labute approximate surface area is 96.7 Å². The molecule has 5 heteroatoms. The third-order valence-electron chi connectivity index (χ3n) is 3.04. The summed E-state index contributed by atoms with van der Waals surface area (Å²) >= 11 is 0. The van der Waals surface area contributed by atoms with Crippen LogP contribution in [0.15, 0.2) is 30.3 Å². The molecule has 0 radical (unpaired) electrons. The second-order valence-corrected chi connectivity index (χ2v) is 6.01. The zero-order valence-electron chi connectivity index (χ0n) is 9.50. The molecule has 1 unspecified atom stereocenters. The third-order valence-corrected chi connectivity index (χ3v) is 5.10. The SMILES string of the molecule is CC(c1ccccc1)N1CCN(C)S1(=O)=O. The van der Waals surface area contributed by atoms with Gasteiger partial charge in [0.1, 0.15) is 0 Å². The lowest BCUT2D eigenvalue weighted by molar-refractivity contribution is 0.374. The maximum absolute atomic E-state index is 12.0. The van der Waals surface area contributed by atoms with Crippen LogP contribution in [0.4, 0.5) is 0 Å². The van der Waals surface area contributed by atoms with E-state index in [0.29, 0.717) is 13.1 Å². The van der Waals surface area contributed by atoms with Gasteiger partial charge >= 0.3 is 0 Å². The van der Waals surface area contributed by atoms with Gasteiger partial charge in [-0.25, -0.2) is 0 Å². The Kier molecular flexibility index (Phi) is 3.01. The van der Waals surface area contributed by atoms with Crippen LogP contribution in [0.2, 0.25) is 0 Å². The van der Waals surface area contributed by atoms with Gasteiger partial charge in [-0.1, -0.05) is 30.3 Å². The van der Waals surface area contributed by atoms with Crippen molar-refractivity contribution in [3.63, 3.8) is 0 Å². The summed E-state index contributed by atoms with van der Waals surface area (Å²) in [6.45, 7) is 3.06. The predicted octanol–water partition coefficient (Wildman–Crippen LogP) is 1.24. The number of nitrogens with zero attached hydrogens (tertiary/aromatic N) is 2. The largest absolute Gasteiger partial charge is 0.282 e. The van der Waals surface area contributed by atoms with Crippen molar-refractivity contribution in [2.24, 2.45) is 0 Å². The molecule has 0 amide bonds. The predicted molar refractivity (Wildman–Crippen MR) is 63.1 cm³/mol. The highest BCUT2D eigenvalue weighted by Gasteiger charge is 2.37. The molecule has 1 atom stereocenters. The topological polar surface area (TPSA) is 40.6 Å². The van der Waals surface area contributed by atoms with Crippen molar-refractivity contribution >= 4 is 10.2 Å².